The Labute approximate surface area is 238 Å². The van der Waals surface area contributed by atoms with E-state index in [1.165, 1.54) is 11.8 Å². The van der Waals surface area contributed by atoms with Gasteiger partial charge in [-0.25, -0.2) is 0 Å². The van der Waals surface area contributed by atoms with Gasteiger partial charge < -0.3 is 10.2 Å². The largest absolute Gasteiger partial charge is 0.352 e. The van der Waals surface area contributed by atoms with E-state index in [9.17, 15) is 9.59 Å². The molecule has 37 heavy (non-hydrogen) atoms. The number of amides is 2. The van der Waals surface area contributed by atoms with Crippen LogP contribution < -0.4 is 5.32 Å². The summed E-state index contributed by atoms with van der Waals surface area (Å²) in [5, 5.41) is 4.64. The molecule has 4 nitrogen and oxygen atoms in total. The molecule has 0 heterocycles. The molecule has 0 bridgehead atoms. The van der Waals surface area contributed by atoms with Crippen molar-refractivity contribution in [1.29, 1.82) is 0 Å². The third kappa shape index (κ3) is 8.96. The number of nitrogens with one attached hydrogen (secondary N) is 1. The van der Waals surface area contributed by atoms with E-state index in [4.69, 9.17) is 34.8 Å². The summed E-state index contributed by atoms with van der Waals surface area (Å²) < 4.78 is 0. The first-order valence-electron chi connectivity index (χ1n) is 12.2. The van der Waals surface area contributed by atoms with Crippen molar-refractivity contribution < 1.29 is 9.59 Å². The van der Waals surface area contributed by atoms with E-state index >= 15 is 0 Å². The highest BCUT2D eigenvalue weighted by atomic mass is 35.5. The number of carbonyl (C=O) groups excluding carboxylic acids is 2. The van der Waals surface area contributed by atoms with Gasteiger partial charge >= 0.3 is 0 Å². The fourth-order valence-electron chi connectivity index (χ4n) is 3.81. The maximum atomic E-state index is 13.7. The van der Waals surface area contributed by atoms with Gasteiger partial charge in [-0.15, -0.1) is 11.8 Å². The van der Waals surface area contributed by atoms with Crippen LogP contribution in [0.25, 0.3) is 0 Å². The second-order valence-corrected chi connectivity index (χ2v) is 11.1. The zero-order valence-corrected chi connectivity index (χ0v) is 24.0. The molecule has 0 spiro atoms. The van der Waals surface area contributed by atoms with Crippen LogP contribution in [0.1, 0.15) is 37.0 Å². The average molecular weight is 578 g/mol. The Morgan fingerprint density at radius 3 is 2.22 bits per heavy atom. The highest BCUT2D eigenvalue weighted by Gasteiger charge is 2.31. The number of halogens is 3. The van der Waals surface area contributed by atoms with Crippen LogP contribution in [-0.4, -0.2) is 34.6 Å². The first kappa shape index (κ1) is 29.4. The minimum Gasteiger partial charge on any atom is -0.352 e. The van der Waals surface area contributed by atoms with E-state index < -0.39 is 6.04 Å². The van der Waals surface area contributed by atoms with Crippen molar-refractivity contribution in [3.05, 3.63) is 105 Å². The van der Waals surface area contributed by atoms with Crippen LogP contribution >= 0.6 is 46.6 Å². The van der Waals surface area contributed by atoms with E-state index in [2.05, 4.69) is 5.32 Å². The summed E-state index contributed by atoms with van der Waals surface area (Å²) >= 11 is 20.6. The number of benzene rings is 3. The molecule has 3 aromatic carbocycles. The first-order chi connectivity index (χ1) is 17.8. The second-order valence-electron chi connectivity index (χ2n) is 8.87. The van der Waals surface area contributed by atoms with Gasteiger partial charge in [-0.1, -0.05) is 90.3 Å². The Morgan fingerprint density at radius 2 is 1.57 bits per heavy atom. The summed E-state index contributed by atoms with van der Waals surface area (Å²) in [6.45, 7) is 4.09. The van der Waals surface area contributed by atoms with Gasteiger partial charge in [0.15, 0.2) is 0 Å². The van der Waals surface area contributed by atoms with E-state index in [1.807, 2.05) is 68.4 Å². The van der Waals surface area contributed by atoms with Crippen LogP contribution in [0, 0.1) is 0 Å². The Hall–Kier alpha value is -2.18. The summed E-state index contributed by atoms with van der Waals surface area (Å²) in [7, 11) is 0. The molecule has 0 fully saturated rings. The molecule has 2 atom stereocenters. The highest BCUT2D eigenvalue weighted by Crippen LogP contribution is 2.28. The van der Waals surface area contributed by atoms with Crippen molar-refractivity contribution in [3.63, 3.8) is 0 Å². The van der Waals surface area contributed by atoms with Gasteiger partial charge in [-0.3, -0.25) is 9.59 Å². The molecule has 3 rings (SSSR count). The first-order valence-corrected chi connectivity index (χ1v) is 14.5. The van der Waals surface area contributed by atoms with Gasteiger partial charge in [0.25, 0.3) is 0 Å². The third-order valence-electron chi connectivity index (χ3n) is 6.05. The maximum Gasteiger partial charge on any atom is 0.243 e. The molecule has 0 radical (unpaired) electrons. The number of nitrogens with zero attached hydrogens (tertiary/aromatic N) is 1. The molecule has 0 aromatic heterocycles. The minimum absolute atomic E-state index is 0.0242. The van der Waals surface area contributed by atoms with E-state index in [-0.39, 0.29) is 30.2 Å². The van der Waals surface area contributed by atoms with Crippen LogP contribution in [0.2, 0.25) is 15.1 Å². The Kier molecular flexibility index (Phi) is 11.7. The van der Waals surface area contributed by atoms with Crippen LogP contribution in [0.5, 0.6) is 0 Å². The van der Waals surface area contributed by atoms with Crippen LogP contribution in [-0.2, 0) is 28.3 Å². The molecule has 0 aliphatic rings. The number of hydrogen-bond acceptors (Lipinski definition) is 3. The zero-order valence-electron chi connectivity index (χ0n) is 20.9. The number of carbonyl (C=O) groups is 2. The SMILES string of the molecule is CC[C@@H](C)NC(=O)[C@@H](Cc1ccccc1)N(Cc1c(Cl)cccc1Cl)C(=O)CSCc1cccc(Cl)c1. The lowest BCUT2D eigenvalue weighted by Crippen LogP contribution is -2.52. The van der Waals surface area contributed by atoms with E-state index in [0.717, 1.165) is 17.5 Å². The van der Waals surface area contributed by atoms with Gasteiger partial charge in [0.1, 0.15) is 6.04 Å². The molecule has 0 saturated carbocycles. The summed E-state index contributed by atoms with van der Waals surface area (Å²) in [5.41, 5.74) is 2.61. The van der Waals surface area contributed by atoms with Crippen molar-refractivity contribution in [2.45, 2.75) is 51.1 Å². The number of hydrogen-bond donors (Lipinski definition) is 1. The summed E-state index contributed by atoms with van der Waals surface area (Å²) in [5.74, 6) is 0.448. The molecule has 196 valence electrons. The standard InChI is InChI=1S/C29H31Cl3N2O2S/c1-3-20(2)33-29(36)27(16-21-9-5-4-6-10-21)34(17-24-25(31)13-8-14-26(24)32)28(35)19-37-18-22-11-7-12-23(30)15-22/h4-15,20,27H,3,16-19H2,1-2H3,(H,33,36)/t20-,27-/m1/s1. The molecule has 2 amide bonds. The van der Waals surface area contributed by atoms with Crippen molar-refractivity contribution in [1.82, 2.24) is 10.2 Å². The second kappa shape index (κ2) is 14.7. The Balaban J connectivity index is 1.90. The van der Waals surface area contributed by atoms with Crippen LogP contribution in [0.4, 0.5) is 0 Å². The van der Waals surface area contributed by atoms with Crippen molar-refractivity contribution in [3.8, 4) is 0 Å². The minimum atomic E-state index is -0.733. The van der Waals surface area contributed by atoms with Gasteiger partial charge in [0, 0.05) is 45.4 Å². The molecule has 3 aromatic rings. The molecule has 0 unspecified atom stereocenters. The summed E-state index contributed by atoms with van der Waals surface area (Å²) in [6.07, 6.45) is 1.15. The highest BCUT2D eigenvalue weighted by molar-refractivity contribution is 7.99. The predicted molar refractivity (Wildman–Crippen MR) is 156 cm³/mol. The van der Waals surface area contributed by atoms with Crippen LogP contribution in [0.15, 0.2) is 72.8 Å². The third-order valence-corrected chi connectivity index (χ3v) is 7.98. The average Bonchev–Trinajstić information content (AvgIpc) is 2.88. The van der Waals surface area contributed by atoms with Gasteiger partial charge in [0.2, 0.25) is 11.8 Å². The molecule has 0 saturated heterocycles. The van der Waals surface area contributed by atoms with Crippen molar-refractivity contribution in [2.24, 2.45) is 0 Å². The molecule has 0 aliphatic carbocycles. The van der Waals surface area contributed by atoms with Gasteiger partial charge in [0.05, 0.1) is 5.75 Å². The smallest absolute Gasteiger partial charge is 0.243 e. The monoisotopic (exact) mass is 576 g/mol. The number of thioether (sulfide) groups is 1. The molecular weight excluding hydrogens is 547 g/mol. The van der Waals surface area contributed by atoms with Crippen LogP contribution in [0.3, 0.4) is 0 Å². The summed E-state index contributed by atoms with van der Waals surface area (Å²) in [6, 6.07) is 21.8. The van der Waals surface area contributed by atoms with Crippen molar-refractivity contribution >= 4 is 58.4 Å². The number of rotatable bonds is 12. The zero-order chi connectivity index (χ0) is 26.8. The Morgan fingerprint density at radius 1 is 0.919 bits per heavy atom. The lowest BCUT2D eigenvalue weighted by Gasteiger charge is -2.32. The quantitative estimate of drug-likeness (QED) is 0.243. The molecule has 0 aliphatic heterocycles. The predicted octanol–water partition coefficient (Wildman–Crippen LogP) is 7.43. The molecule has 1 N–H and O–H groups in total. The lowest BCUT2D eigenvalue weighted by atomic mass is 10.0. The molecular formula is C29H31Cl3N2O2S. The maximum absolute atomic E-state index is 13.7. The van der Waals surface area contributed by atoms with Gasteiger partial charge in [-0.2, -0.15) is 0 Å². The Bertz CT molecular complexity index is 1170. The van der Waals surface area contributed by atoms with Crippen molar-refractivity contribution in [2.75, 3.05) is 5.75 Å². The summed E-state index contributed by atoms with van der Waals surface area (Å²) in [4.78, 5) is 28.9. The fourth-order valence-corrected chi connectivity index (χ4v) is 5.40. The van der Waals surface area contributed by atoms with Gasteiger partial charge in [-0.05, 0) is 48.7 Å². The normalized spacial score (nSPS) is 12.6. The molecule has 8 heteroatoms. The topological polar surface area (TPSA) is 49.4 Å². The van der Waals surface area contributed by atoms with E-state index in [0.29, 0.717) is 32.8 Å². The van der Waals surface area contributed by atoms with E-state index in [1.54, 1.807) is 23.1 Å². The fraction of sp³-hybridized carbons (Fsp3) is 0.310. The lowest BCUT2D eigenvalue weighted by molar-refractivity contribution is -0.139.